The molecule has 0 fully saturated rings. The quantitative estimate of drug-likeness (QED) is 0.185. The number of benzene rings is 8. The van der Waals surface area contributed by atoms with Crippen molar-refractivity contribution < 1.29 is 4.74 Å². The van der Waals surface area contributed by atoms with Gasteiger partial charge in [0.25, 0.3) is 0 Å². The van der Waals surface area contributed by atoms with Crippen LogP contribution in [0.3, 0.4) is 0 Å². The van der Waals surface area contributed by atoms with Crippen molar-refractivity contribution in [1.29, 1.82) is 0 Å². The fraction of sp³-hybridized carbons (Fsp3) is 0. The van der Waals surface area contributed by atoms with Gasteiger partial charge in [-0.25, -0.2) is 0 Å². The topological polar surface area (TPSA) is 24.0 Å². The first-order valence-electron chi connectivity index (χ1n) is 17.8. The first kappa shape index (κ1) is 27.7. The molecule has 0 spiro atoms. The maximum Gasteiger partial charge on any atom is 0.159 e. The van der Waals surface area contributed by atoms with E-state index >= 15 is 0 Å². The average Bonchev–Trinajstić information content (AvgIpc) is 3.85. The summed E-state index contributed by atoms with van der Waals surface area (Å²) in [4.78, 5) is 0. The summed E-state index contributed by atoms with van der Waals surface area (Å²) < 4.78 is 14.0. The zero-order valence-corrected chi connectivity index (χ0v) is 28.0. The summed E-state index contributed by atoms with van der Waals surface area (Å²) >= 11 is 0. The van der Waals surface area contributed by atoms with Gasteiger partial charge in [0.05, 0.1) is 38.8 Å². The van der Waals surface area contributed by atoms with Crippen LogP contribution in [0.4, 0.5) is 0 Å². The minimum absolute atomic E-state index is 0.874. The lowest BCUT2D eigenvalue weighted by Crippen LogP contribution is -2.05. The molecule has 0 amide bonds. The highest BCUT2D eigenvalue weighted by atomic mass is 16.5. The number of hydrogen-bond acceptors (Lipinski definition) is 1. The third kappa shape index (κ3) is 3.65. The predicted molar refractivity (Wildman–Crippen MR) is 215 cm³/mol. The van der Waals surface area contributed by atoms with Gasteiger partial charge in [0.2, 0.25) is 0 Å². The van der Waals surface area contributed by atoms with E-state index in [0.717, 1.165) is 45.2 Å². The SMILES string of the molecule is c1cc(-c2cccc3c2Oc2cccc4c5ccccc5n-3c24)cc(-n2c3ccccc3c3cc(-n4c5ccccc5c5ccccc54)ccc32)c1. The van der Waals surface area contributed by atoms with Crippen LogP contribution < -0.4 is 4.74 Å². The second kappa shape index (κ2) is 10.3. The molecule has 8 aromatic carbocycles. The van der Waals surface area contributed by atoms with Crippen LogP contribution in [0.5, 0.6) is 11.5 Å². The van der Waals surface area contributed by atoms with Crippen molar-refractivity contribution >= 4 is 65.4 Å². The molecule has 0 N–H and O–H groups in total. The minimum Gasteiger partial charge on any atom is -0.452 e. The van der Waals surface area contributed by atoms with Gasteiger partial charge in [0, 0.05) is 49.3 Å². The molecule has 0 saturated heterocycles. The predicted octanol–water partition coefficient (Wildman–Crippen LogP) is 12.8. The van der Waals surface area contributed by atoms with E-state index in [1.165, 1.54) is 59.9 Å². The van der Waals surface area contributed by atoms with Crippen molar-refractivity contribution in [2.24, 2.45) is 0 Å². The van der Waals surface area contributed by atoms with Gasteiger partial charge in [-0.1, -0.05) is 109 Å². The summed E-state index contributed by atoms with van der Waals surface area (Å²) in [6.07, 6.45) is 0. The maximum atomic E-state index is 6.82. The van der Waals surface area contributed by atoms with Crippen molar-refractivity contribution in [3.63, 3.8) is 0 Å². The lowest BCUT2D eigenvalue weighted by atomic mass is 10.0. The molecular formula is C48H29N3O. The van der Waals surface area contributed by atoms with Gasteiger partial charge >= 0.3 is 0 Å². The largest absolute Gasteiger partial charge is 0.452 e. The van der Waals surface area contributed by atoms with E-state index in [1.54, 1.807) is 0 Å². The minimum atomic E-state index is 0.874. The number of rotatable bonds is 3. The fourth-order valence-corrected chi connectivity index (χ4v) is 8.86. The Kier molecular flexibility index (Phi) is 5.47. The summed E-state index contributed by atoms with van der Waals surface area (Å²) in [6, 6.07) is 63.4. The lowest BCUT2D eigenvalue weighted by Gasteiger charge is -2.23. The molecule has 4 heterocycles. The highest BCUT2D eigenvalue weighted by Crippen LogP contribution is 2.49. The Hall–Kier alpha value is -7.04. The van der Waals surface area contributed by atoms with Gasteiger partial charge in [0.15, 0.2) is 11.5 Å². The molecule has 242 valence electrons. The van der Waals surface area contributed by atoms with Crippen molar-refractivity contribution in [3.8, 4) is 39.7 Å². The Morgan fingerprint density at radius 2 is 0.865 bits per heavy atom. The third-order valence-electron chi connectivity index (χ3n) is 11.0. The van der Waals surface area contributed by atoms with Gasteiger partial charge in [0.1, 0.15) is 0 Å². The molecule has 1 aliphatic heterocycles. The van der Waals surface area contributed by atoms with E-state index in [1.807, 2.05) is 0 Å². The molecule has 12 rings (SSSR count). The molecule has 4 nitrogen and oxygen atoms in total. The van der Waals surface area contributed by atoms with E-state index in [2.05, 4.69) is 190 Å². The number of nitrogens with zero attached hydrogens (tertiary/aromatic N) is 3. The van der Waals surface area contributed by atoms with Crippen molar-refractivity contribution in [2.75, 3.05) is 0 Å². The Balaban J connectivity index is 1.05. The molecule has 1 aliphatic rings. The number of hydrogen-bond donors (Lipinski definition) is 0. The normalized spacial score (nSPS) is 12.4. The molecule has 0 radical (unpaired) electrons. The van der Waals surface area contributed by atoms with E-state index in [9.17, 15) is 0 Å². The average molecular weight is 664 g/mol. The van der Waals surface area contributed by atoms with E-state index in [4.69, 9.17) is 4.74 Å². The van der Waals surface area contributed by atoms with Crippen LogP contribution in [-0.2, 0) is 0 Å². The fourth-order valence-electron chi connectivity index (χ4n) is 8.86. The lowest BCUT2D eigenvalue weighted by molar-refractivity contribution is 0.478. The van der Waals surface area contributed by atoms with Gasteiger partial charge < -0.3 is 18.4 Å². The second-order valence-corrected chi connectivity index (χ2v) is 13.7. The molecule has 0 unspecified atom stereocenters. The van der Waals surface area contributed by atoms with Crippen LogP contribution in [0.15, 0.2) is 176 Å². The first-order chi connectivity index (χ1) is 25.8. The van der Waals surface area contributed by atoms with E-state index in [0.29, 0.717) is 0 Å². The molecule has 52 heavy (non-hydrogen) atoms. The smallest absolute Gasteiger partial charge is 0.159 e. The highest BCUT2D eigenvalue weighted by molar-refractivity contribution is 6.14. The Morgan fingerprint density at radius 1 is 0.346 bits per heavy atom. The van der Waals surface area contributed by atoms with Crippen LogP contribution in [0.1, 0.15) is 0 Å². The van der Waals surface area contributed by atoms with Gasteiger partial charge in [-0.2, -0.15) is 0 Å². The summed E-state index contributed by atoms with van der Waals surface area (Å²) in [5.74, 6) is 1.75. The zero-order valence-electron chi connectivity index (χ0n) is 28.0. The molecule has 11 aromatic rings. The molecule has 0 aliphatic carbocycles. The number of ether oxygens (including phenoxy) is 1. The van der Waals surface area contributed by atoms with Crippen molar-refractivity contribution in [2.45, 2.75) is 0 Å². The molecule has 4 heteroatoms. The molecule has 0 saturated carbocycles. The number of aromatic nitrogens is 3. The first-order valence-corrected chi connectivity index (χ1v) is 17.8. The van der Waals surface area contributed by atoms with Gasteiger partial charge in [-0.15, -0.1) is 0 Å². The standard InChI is InChI=1S/C48H29N3O/c1-5-20-40-34(14-1)35-15-2-6-21-41(35)50(40)32-26-27-44-39(29-32)37-17-4-7-22-42(37)49(44)31-13-9-12-30(28-31)33-18-10-24-45-48(33)52-46-25-11-19-38-36-16-3-8-23-43(36)51(45)47(38)46/h1-29H. The second-order valence-electron chi connectivity index (χ2n) is 13.7. The third-order valence-corrected chi connectivity index (χ3v) is 11.0. The van der Waals surface area contributed by atoms with E-state index < -0.39 is 0 Å². The molecule has 0 bridgehead atoms. The Bertz CT molecular complexity index is 3230. The summed E-state index contributed by atoms with van der Waals surface area (Å²) in [5, 5.41) is 7.42. The maximum absolute atomic E-state index is 6.82. The Labute approximate surface area is 298 Å². The van der Waals surface area contributed by atoms with E-state index in [-0.39, 0.29) is 0 Å². The summed E-state index contributed by atoms with van der Waals surface area (Å²) in [6.45, 7) is 0. The van der Waals surface area contributed by atoms with Gasteiger partial charge in [-0.05, 0) is 72.3 Å². The van der Waals surface area contributed by atoms with Gasteiger partial charge in [-0.3, -0.25) is 0 Å². The summed E-state index contributed by atoms with van der Waals surface area (Å²) in [5.41, 5.74) is 12.6. The van der Waals surface area contributed by atoms with Crippen molar-refractivity contribution in [1.82, 2.24) is 13.7 Å². The zero-order chi connectivity index (χ0) is 33.9. The molecular weight excluding hydrogens is 635 g/mol. The monoisotopic (exact) mass is 663 g/mol. The van der Waals surface area contributed by atoms with Crippen LogP contribution in [0, 0.1) is 0 Å². The Morgan fingerprint density at radius 3 is 1.56 bits per heavy atom. The number of fused-ring (bicyclic) bond motifs is 11. The van der Waals surface area contributed by atoms with Crippen molar-refractivity contribution in [3.05, 3.63) is 176 Å². The summed E-state index contributed by atoms with van der Waals surface area (Å²) in [7, 11) is 0. The van der Waals surface area contributed by atoms with Crippen LogP contribution >= 0.6 is 0 Å². The van der Waals surface area contributed by atoms with Crippen LogP contribution in [0.25, 0.3) is 93.6 Å². The molecule has 3 aromatic heterocycles. The molecule has 0 atom stereocenters. The van der Waals surface area contributed by atoms with Crippen LogP contribution in [-0.4, -0.2) is 13.7 Å². The van der Waals surface area contributed by atoms with Crippen LogP contribution in [0.2, 0.25) is 0 Å². The number of para-hydroxylation sites is 6. The highest BCUT2D eigenvalue weighted by Gasteiger charge is 2.26.